The molecule has 1 aromatic carbocycles. The minimum atomic E-state index is -0.595. The van der Waals surface area contributed by atoms with Crippen LogP contribution >= 0.6 is 0 Å². The molecule has 0 aliphatic heterocycles. The normalized spacial score (nSPS) is 10.8. The fourth-order valence-electron chi connectivity index (χ4n) is 1.81. The first-order valence-electron chi connectivity index (χ1n) is 6.47. The summed E-state index contributed by atoms with van der Waals surface area (Å²) in [6.07, 6.45) is 0. The van der Waals surface area contributed by atoms with Crippen molar-refractivity contribution in [2.45, 2.75) is 27.0 Å². The molecule has 5 heteroatoms. The van der Waals surface area contributed by atoms with Gasteiger partial charge in [0.15, 0.2) is 11.6 Å². The van der Waals surface area contributed by atoms with Crippen LogP contribution in [0.15, 0.2) is 28.7 Å². The molecule has 1 N–H and O–H groups in total. The zero-order chi connectivity index (χ0) is 14.5. The van der Waals surface area contributed by atoms with Crippen LogP contribution in [0.25, 0.3) is 0 Å². The van der Waals surface area contributed by atoms with Gasteiger partial charge in [0.1, 0.15) is 23.9 Å². The molecule has 0 amide bonds. The van der Waals surface area contributed by atoms with Crippen molar-refractivity contribution in [3.63, 3.8) is 0 Å². The van der Waals surface area contributed by atoms with Crippen LogP contribution in [-0.2, 0) is 13.2 Å². The SMILES string of the molecule is CCNCc1oc(COc2cc(F)ccc2F)cc1C. The molecule has 0 spiro atoms. The molecule has 1 aromatic heterocycles. The molecule has 0 atom stereocenters. The summed E-state index contributed by atoms with van der Waals surface area (Å²) in [5, 5.41) is 3.16. The van der Waals surface area contributed by atoms with Crippen molar-refractivity contribution in [2.24, 2.45) is 0 Å². The highest BCUT2D eigenvalue weighted by Crippen LogP contribution is 2.21. The summed E-state index contributed by atoms with van der Waals surface area (Å²) in [5.74, 6) is 0.156. The highest BCUT2D eigenvalue weighted by molar-refractivity contribution is 5.25. The van der Waals surface area contributed by atoms with Crippen molar-refractivity contribution in [2.75, 3.05) is 6.54 Å². The molecule has 1 heterocycles. The Labute approximate surface area is 116 Å². The lowest BCUT2D eigenvalue weighted by Gasteiger charge is -2.05. The highest BCUT2D eigenvalue weighted by Gasteiger charge is 2.10. The summed E-state index contributed by atoms with van der Waals surface area (Å²) in [6, 6.07) is 4.94. The van der Waals surface area contributed by atoms with Gasteiger partial charge in [0.05, 0.1) is 6.54 Å². The fourth-order valence-corrected chi connectivity index (χ4v) is 1.81. The van der Waals surface area contributed by atoms with E-state index in [0.717, 1.165) is 36.1 Å². The third kappa shape index (κ3) is 3.57. The molecule has 0 bridgehead atoms. The summed E-state index contributed by atoms with van der Waals surface area (Å²) in [5.41, 5.74) is 1.00. The number of furan rings is 1. The van der Waals surface area contributed by atoms with Gasteiger partial charge in [-0.2, -0.15) is 0 Å². The van der Waals surface area contributed by atoms with E-state index < -0.39 is 11.6 Å². The van der Waals surface area contributed by atoms with Crippen LogP contribution in [0.2, 0.25) is 0 Å². The monoisotopic (exact) mass is 281 g/mol. The zero-order valence-corrected chi connectivity index (χ0v) is 11.5. The number of halogens is 2. The van der Waals surface area contributed by atoms with Crippen molar-refractivity contribution >= 4 is 0 Å². The van der Waals surface area contributed by atoms with E-state index in [1.807, 2.05) is 19.9 Å². The number of hydrogen-bond acceptors (Lipinski definition) is 3. The van der Waals surface area contributed by atoms with Gasteiger partial charge in [-0.25, -0.2) is 8.78 Å². The number of rotatable bonds is 6. The van der Waals surface area contributed by atoms with Crippen molar-refractivity contribution < 1.29 is 17.9 Å². The Morgan fingerprint density at radius 3 is 2.80 bits per heavy atom. The van der Waals surface area contributed by atoms with Crippen LogP contribution in [0.3, 0.4) is 0 Å². The Morgan fingerprint density at radius 2 is 2.05 bits per heavy atom. The molecule has 0 fully saturated rings. The van der Waals surface area contributed by atoms with Gasteiger partial charge in [-0.1, -0.05) is 6.92 Å². The highest BCUT2D eigenvalue weighted by atomic mass is 19.1. The van der Waals surface area contributed by atoms with Crippen LogP contribution in [0, 0.1) is 18.6 Å². The van der Waals surface area contributed by atoms with Gasteiger partial charge in [0, 0.05) is 6.07 Å². The van der Waals surface area contributed by atoms with Gasteiger partial charge in [-0.3, -0.25) is 0 Å². The summed E-state index contributed by atoms with van der Waals surface area (Å²) in [6.45, 7) is 5.49. The number of ether oxygens (including phenoxy) is 1. The second kappa shape index (κ2) is 6.52. The van der Waals surface area contributed by atoms with E-state index in [1.54, 1.807) is 0 Å². The van der Waals surface area contributed by atoms with Gasteiger partial charge in [0.2, 0.25) is 0 Å². The van der Waals surface area contributed by atoms with E-state index in [4.69, 9.17) is 9.15 Å². The maximum Gasteiger partial charge on any atom is 0.165 e. The fraction of sp³-hybridized carbons (Fsp3) is 0.333. The van der Waals surface area contributed by atoms with Crippen LogP contribution in [-0.4, -0.2) is 6.54 Å². The minimum Gasteiger partial charge on any atom is -0.482 e. The van der Waals surface area contributed by atoms with Crippen LogP contribution in [0.1, 0.15) is 24.0 Å². The van der Waals surface area contributed by atoms with E-state index in [9.17, 15) is 8.78 Å². The molecule has 0 radical (unpaired) electrons. The van der Waals surface area contributed by atoms with Crippen molar-refractivity contribution in [3.8, 4) is 5.75 Å². The molecule has 0 unspecified atom stereocenters. The lowest BCUT2D eigenvalue weighted by molar-refractivity contribution is 0.253. The third-order valence-electron chi connectivity index (χ3n) is 2.87. The molecule has 3 nitrogen and oxygen atoms in total. The smallest absolute Gasteiger partial charge is 0.165 e. The Kier molecular flexibility index (Phi) is 4.74. The maximum atomic E-state index is 13.4. The predicted molar refractivity (Wildman–Crippen MR) is 71.5 cm³/mol. The van der Waals surface area contributed by atoms with Crippen LogP contribution in [0.5, 0.6) is 5.75 Å². The topological polar surface area (TPSA) is 34.4 Å². The Balaban J connectivity index is 2.02. The van der Waals surface area contributed by atoms with E-state index >= 15 is 0 Å². The molecule has 20 heavy (non-hydrogen) atoms. The number of benzene rings is 1. The van der Waals surface area contributed by atoms with Gasteiger partial charge in [-0.15, -0.1) is 0 Å². The van der Waals surface area contributed by atoms with Gasteiger partial charge < -0.3 is 14.5 Å². The standard InChI is InChI=1S/C15H17F2NO2/c1-3-18-8-15-10(2)6-12(20-15)9-19-14-7-11(16)4-5-13(14)17/h4-7,18H,3,8-9H2,1-2H3. The lowest BCUT2D eigenvalue weighted by atomic mass is 10.2. The molecular weight excluding hydrogens is 264 g/mol. The Bertz CT molecular complexity index is 581. The second-order valence-corrected chi connectivity index (χ2v) is 4.46. The number of aryl methyl sites for hydroxylation is 1. The molecule has 0 saturated heterocycles. The first-order valence-corrected chi connectivity index (χ1v) is 6.47. The van der Waals surface area contributed by atoms with Crippen molar-refractivity contribution in [1.82, 2.24) is 5.32 Å². The van der Waals surface area contributed by atoms with E-state index in [0.29, 0.717) is 12.3 Å². The Hall–Kier alpha value is -1.88. The molecular formula is C15H17F2NO2. The average molecular weight is 281 g/mol. The van der Waals surface area contributed by atoms with E-state index in [-0.39, 0.29) is 12.4 Å². The second-order valence-electron chi connectivity index (χ2n) is 4.46. The molecule has 108 valence electrons. The van der Waals surface area contributed by atoms with Crippen molar-refractivity contribution in [1.29, 1.82) is 0 Å². The molecule has 2 rings (SSSR count). The molecule has 0 aliphatic rings. The first kappa shape index (κ1) is 14.5. The minimum absolute atomic E-state index is 0.0628. The predicted octanol–water partition coefficient (Wildman–Crippen LogP) is 3.55. The zero-order valence-electron chi connectivity index (χ0n) is 11.5. The van der Waals surface area contributed by atoms with Crippen LogP contribution in [0.4, 0.5) is 8.78 Å². The summed E-state index contributed by atoms with van der Waals surface area (Å²) >= 11 is 0. The number of nitrogens with one attached hydrogen (secondary N) is 1. The third-order valence-corrected chi connectivity index (χ3v) is 2.87. The molecule has 2 aromatic rings. The quantitative estimate of drug-likeness (QED) is 0.879. The van der Waals surface area contributed by atoms with Gasteiger partial charge in [0.25, 0.3) is 0 Å². The largest absolute Gasteiger partial charge is 0.482 e. The van der Waals surface area contributed by atoms with Gasteiger partial charge >= 0.3 is 0 Å². The van der Waals surface area contributed by atoms with Crippen LogP contribution < -0.4 is 10.1 Å². The van der Waals surface area contributed by atoms with Gasteiger partial charge in [-0.05, 0) is 37.2 Å². The average Bonchev–Trinajstić information content (AvgIpc) is 2.78. The van der Waals surface area contributed by atoms with Crippen molar-refractivity contribution in [3.05, 3.63) is 53.0 Å². The Morgan fingerprint density at radius 1 is 1.25 bits per heavy atom. The van der Waals surface area contributed by atoms with E-state index in [1.165, 1.54) is 0 Å². The number of hydrogen-bond donors (Lipinski definition) is 1. The van der Waals surface area contributed by atoms with E-state index in [2.05, 4.69) is 5.32 Å². The summed E-state index contributed by atoms with van der Waals surface area (Å²) in [4.78, 5) is 0. The lowest BCUT2D eigenvalue weighted by Crippen LogP contribution is -2.11. The first-order chi connectivity index (χ1) is 9.60. The molecule has 0 aliphatic carbocycles. The maximum absolute atomic E-state index is 13.4. The summed E-state index contributed by atoms with van der Waals surface area (Å²) in [7, 11) is 0. The summed E-state index contributed by atoms with van der Waals surface area (Å²) < 4.78 is 37.2. The molecule has 0 saturated carbocycles.